The van der Waals surface area contributed by atoms with E-state index in [9.17, 15) is 4.79 Å². The summed E-state index contributed by atoms with van der Waals surface area (Å²) in [5.74, 6) is -0.135. The summed E-state index contributed by atoms with van der Waals surface area (Å²) < 4.78 is 5.46. The SMILES string of the molecule is CCCC(COC(=O)Cc1ccccc1)N(CC)CC. The predicted molar refractivity (Wildman–Crippen MR) is 82.7 cm³/mol. The first kappa shape index (κ1) is 16.7. The average molecular weight is 277 g/mol. The third-order valence-electron chi connectivity index (χ3n) is 3.58. The number of hydrogen-bond donors (Lipinski definition) is 0. The number of rotatable bonds is 9. The van der Waals surface area contributed by atoms with E-state index in [0.717, 1.165) is 31.5 Å². The average Bonchev–Trinajstić information content (AvgIpc) is 2.47. The molecule has 3 nitrogen and oxygen atoms in total. The van der Waals surface area contributed by atoms with Gasteiger partial charge in [-0.05, 0) is 25.1 Å². The number of ether oxygens (including phenoxy) is 1. The highest BCUT2D eigenvalue weighted by Crippen LogP contribution is 2.08. The van der Waals surface area contributed by atoms with Crippen molar-refractivity contribution in [2.24, 2.45) is 0 Å². The Hall–Kier alpha value is -1.35. The normalized spacial score (nSPS) is 12.4. The van der Waals surface area contributed by atoms with Crippen molar-refractivity contribution in [2.75, 3.05) is 19.7 Å². The molecule has 0 spiro atoms. The van der Waals surface area contributed by atoms with Gasteiger partial charge in [0.15, 0.2) is 0 Å². The van der Waals surface area contributed by atoms with Gasteiger partial charge in [0.2, 0.25) is 0 Å². The largest absolute Gasteiger partial charge is 0.464 e. The smallest absolute Gasteiger partial charge is 0.310 e. The molecule has 0 aliphatic rings. The quantitative estimate of drug-likeness (QED) is 0.649. The minimum atomic E-state index is -0.135. The molecule has 112 valence electrons. The lowest BCUT2D eigenvalue weighted by molar-refractivity contribution is -0.144. The number of carbonyl (C=O) groups excluding carboxylic acids is 1. The van der Waals surface area contributed by atoms with Crippen LogP contribution >= 0.6 is 0 Å². The zero-order valence-electron chi connectivity index (χ0n) is 13.0. The van der Waals surface area contributed by atoms with Gasteiger partial charge in [-0.15, -0.1) is 0 Å². The molecule has 0 N–H and O–H groups in total. The number of nitrogens with zero attached hydrogens (tertiary/aromatic N) is 1. The highest BCUT2D eigenvalue weighted by molar-refractivity contribution is 5.72. The number of likely N-dealkylation sites (N-methyl/N-ethyl adjacent to an activating group) is 1. The minimum Gasteiger partial charge on any atom is -0.464 e. The van der Waals surface area contributed by atoms with Gasteiger partial charge in [-0.3, -0.25) is 9.69 Å². The lowest BCUT2D eigenvalue weighted by Gasteiger charge is -2.29. The number of carbonyl (C=O) groups is 1. The van der Waals surface area contributed by atoms with E-state index in [2.05, 4.69) is 25.7 Å². The van der Waals surface area contributed by atoms with Crippen molar-refractivity contribution in [3.63, 3.8) is 0 Å². The van der Waals surface area contributed by atoms with Gasteiger partial charge in [0.1, 0.15) is 6.61 Å². The van der Waals surface area contributed by atoms with Crippen LogP contribution in [0.2, 0.25) is 0 Å². The molecule has 0 aliphatic heterocycles. The zero-order valence-corrected chi connectivity index (χ0v) is 13.0. The topological polar surface area (TPSA) is 29.5 Å². The third-order valence-corrected chi connectivity index (χ3v) is 3.58. The summed E-state index contributed by atoms with van der Waals surface area (Å²) in [5, 5.41) is 0. The molecule has 0 fully saturated rings. The molecule has 1 aromatic rings. The molecule has 0 heterocycles. The van der Waals surface area contributed by atoms with E-state index in [1.54, 1.807) is 0 Å². The van der Waals surface area contributed by atoms with Crippen molar-refractivity contribution in [3.8, 4) is 0 Å². The summed E-state index contributed by atoms with van der Waals surface area (Å²) in [6, 6.07) is 10.1. The minimum absolute atomic E-state index is 0.135. The van der Waals surface area contributed by atoms with Crippen LogP contribution in [0, 0.1) is 0 Å². The Kier molecular flexibility index (Phi) is 7.97. The molecule has 1 aromatic carbocycles. The Balaban J connectivity index is 2.44. The lowest BCUT2D eigenvalue weighted by atomic mass is 10.1. The van der Waals surface area contributed by atoms with Crippen molar-refractivity contribution in [1.29, 1.82) is 0 Å². The summed E-state index contributed by atoms with van der Waals surface area (Å²) in [5.41, 5.74) is 1.01. The van der Waals surface area contributed by atoms with Crippen molar-refractivity contribution in [3.05, 3.63) is 35.9 Å². The molecule has 0 amide bonds. The molecule has 1 unspecified atom stereocenters. The Bertz CT molecular complexity index is 374. The van der Waals surface area contributed by atoms with Crippen LogP contribution in [0.4, 0.5) is 0 Å². The molecule has 0 aliphatic carbocycles. The second-order valence-corrected chi connectivity index (χ2v) is 5.01. The maximum atomic E-state index is 11.9. The van der Waals surface area contributed by atoms with Gasteiger partial charge in [-0.2, -0.15) is 0 Å². The van der Waals surface area contributed by atoms with Crippen LogP contribution in [0.25, 0.3) is 0 Å². The van der Waals surface area contributed by atoms with Gasteiger partial charge < -0.3 is 4.74 Å². The van der Waals surface area contributed by atoms with E-state index in [1.165, 1.54) is 0 Å². The van der Waals surface area contributed by atoms with Gasteiger partial charge >= 0.3 is 5.97 Å². The van der Waals surface area contributed by atoms with Crippen molar-refractivity contribution in [1.82, 2.24) is 4.90 Å². The molecule has 0 bridgehead atoms. The molecule has 3 heteroatoms. The molecule has 1 atom stereocenters. The maximum absolute atomic E-state index is 11.9. The monoisotopic (exact) mass is 277 g/mol. The van der Waals surface area contributed by atoms with E-state index < -0.39 is 0 Å². The fourth-order valence-electron chi connectivity index (χ4n) is 2.45. The highest BCUT2D eigenvalue weighted by Gasteiger charge is 2.17. The first-order chi connectivity index (χ1) is 9.71. The maximum Gasteiger partial charge on any atom is 0.310 e. The van der Waals surface area contributed by atoms with Crippen LogP contribution in [0.3, 0.4) is 0 Å². The number of hydrogen-bond acceptors (Lipinski definition) is 3. The number of esters is 1. The summed E-state index contributed by atoms with van der Waals surface area (Å²) in [6.45, 7) is 8.97. The van der Waals surface area contributed by atoms with E-state index >= 15 is 0 Å². The van der Waals surface area contributed by atoms with Crippen LogP contribution in [0.1, 0.15) is 39.2 Å². The molecule has 0 aromatic heterocycles. The van der Waals surface area contributed by atoms with Crippen molar-refractivity contribution >= 4 is 5.97 Å². The molecule has 0 saturated heterocycles. The Labute approximate surface area is 122 Å². The van der Waals surface area contributed by atoms with E-state index in [0.29, 0.717) is 19.1 Å². The van der Waals surface area contributed by atoms with Gasteiger partial charge in [0, 0.05) is 6.04 Å². The first-order valence-electron chi connectivity index (χ1n) is 7.64. The fourth-order valence-corrected chi connectivity index (χ4v) is 2.45. The molecule has 20 heavy (non-hydrogen) atoms. The van der Waals surface area contributed by atoms with Crippen LogP contribution < -0.4 is 0 Å². The Morgan fingerprint density at radius 1 is 1.15 bits per heavy atom. The number of benzene rings is 1. The molecule has 1 rings (SSSR count). The van der Waals surface area contributed by atoms with Crippen molar-refractivity contribution < 1.29 is 9.53 Å². The molecular weight excluding hydrogens is 250 g/mol. The van der Waals surface area contributed by atoms with Gasteiger partial charge in [0.05, 0.1) is 6.42 Å². The third kappa shape index (κ3) is 5.74. The van der Waals surface area contributed by atoms with Crippen LogP contribution in [0.5, 0.6) is 0 Å². The lowest BCUT2D eigenvalue weighted by Crippen LogP contribution is -2.39. The molecular formula is C17H27NO2. The summed E-state index contributed by atoms with van der Waals surface area (Å²) >= 11 is 0. The summed E-state index contributed by atoms with van der Waals surface area (Å²) in [6.07, 6.45) is 2.54. The zero-order chi connectivity index (χ0) is 14.8. The van der Waals surface area contributed by atoms with Gasteiger partial charge in [-0.1, -0.05) is 57.5 Å². The van der Waals surface area contributed by atoms with Gasteiger partial charge in [-0.25, -0.2) is 0 Å². The van der Waals surface area contributed by atoms with Crippen LogP contribution in [-0.4, -0.2) is 36.6 Å². The fraction of sp³-hybridized carbons (Fsp3) is 0.588. The molecule has 0 radical (unpaired) electrons. The Morgan fingerprint density at radius 2 is 1.80 bits per heavy atom. The summed E-state index contributed by atoms with van der Waals surface area (Å²) in [7, 11) is 0. The van der Waals surface area contributed by atoms with E-state index in [1.807, 2.05) is 30.3 Å². The standard InChI is InChI=1S/C17H27NO2/c1-4-10-16(18(5-2)6-3)14-20-17(19)13-15-11-8-7-9-12-15/h7-9,11-12,16H,4-6,10,13-14H2,1-3H3. The van der Waals surface area contributed by atoms with Crippen LogP contribution in [-0.2, 0) is 16.0 Å². The second kappa shape index (κ2) is 9.54. The first-order valence-corrected chi connectivity index (χ1v) is 7.64. The van der Waals surface area contributed by atoms with Crippen molar-refractivity contribution in [2.45, 2.75) is 46.1 Å². The summed E-state index contributed by atoms with van der Waals surface area (Å²) in [4.78, 5) is 14.2. The highest BCUT2D eigenvalue weighted by atomic mass is 16.5. The molecule has 0 saturated carbocycles. The second-order valence-electron chi connectivity index (χ2n) is 5.01. The predicted octanol–water partition coefficient (Wildman–Crippen LogP) is 3.28. The Morgan fingerprint density at radius 3 is 2.35 bits per heavy atom. The van der Waals surface area contributed by atoms with Gasteiger partial charge in [0.25, 0.3) is 0 Å². The van der Waals surface area contributed by atoms with E-state index in [-0.39, 0.29) is 5.97 Å². The van der Waals surface area contributed by atoms with E-state index in [4.69, 9.17) is 4.74 Å². The van der Waals surface area contributed by atoms with Crippen LogP contribution in [0.15, 0.2) is 30.3 Å².